The van der Waals surface area contributed by atoms with Gasteiger partial charge in [-0.15, -0.1) is 0 Å². The summed E-state index contributed by atoms with van der Waals surface area (Å²) in [7, 11) is 0. The van der Waals surface area contributed by atoms with Crippen molar-refractivity contribution in [3.63, 3.8) is 0 Å². The number of rotatable bonds is 3. The van der Waals surface area contributed by atoms with Gasteiger partial charge >= 0.3 is 0 Å². The van der Waals surface area contributed by atoms with E-state index in [-0.39, 0.29) is 0 Å². The molecule has 0 radical (unpaired) electrons. The fourth-order valence-corrected chi connectivity index (χ4v) is 1.91. The van der Waals surface area contributed by atoms with Crippen molar-refractivity contribution in [3.8, 4) is 0 Å². The van der Waals surface area contributed by atoms with Crippen molar-refractivity contribution < 1.29 is 4.74 Å². The Morgan fingerprint density at radius 2 is 2.20 bits per heavy atom. The van der Waals surface area contributed by atoms with E-state index in [1.807, 2.05) is 6.20 Å². The lowest BCUT2D eigenvalue weighted by atomic mass is 10.3. The molecule has 2 heterocycles. The normalized spacial score (nSPS) is 18.2. The Hall–Kier alpha value is -1.07. The van der Waals surface area contributed by atoms with Gasteiger partial charge in [0, 0.05) is 26.2 Å². The Balaban J connectivity index is 2.02. The zero-order chi connectivity index (χ0) is 10.7. The molecule has 0 bridgehead atoms. The lowest BCUT2D eigenvalue weighted by Gasteiger charge is -2.26. The summed E-state index contributed by atoms with van der Waals surface area (Å²) < 4.78 is 7.36. The molecule has 1 aliphatic heterocycles. The second-order valence-electron chi connectivity index (χ2n) is 3.74. The van der Waals surface area contributed by atoms with E-state index < -0.39 is 0 Å². The standard InChI is InChI=1S/C10H18N4O/c1-2-14-9(7-12-10(14)11)8-13-3-5-15-6-4-13/h7H,2-6,8H2,1H3,(H2,11,12). The number of anilines is 1. The number of morpholine rings is 1. The first-order valence-corrected chi connectivity index (χ1v) is 5.41. The van der Waals surface area contributed by atoms with Gasteiger partial charge in [-0.05, 0) is 6.92 Å². The van der Waals surface area contributed by atoms with Crippen molar-refractivity contribution in [2.24, 2.45) is 0 Å². The summed E-state index contributed by atoms with van der Waals surface area (Å²) in [6, 6.07) is 0. The fraction of sp³-hybridized carbons (Fsp3) is 0.700. The van der Waals surface area contributed by atoms with E-state index in [0.717, 1.165) is 39.4 Å². The highest BCUT2D eigenvalue weighted by molar-refractivity contribution is 5.22. The van der Waals surface area contributed by atoms with Gasteiger partial charge in [0.25, 0.3) is 0 Å². The number of nitrogen functional groups attached to an aromatic ring is 1. The monoisotopic (exact) mass is 210 g/mol. The number of aromatic nitrogens is 2. The highest BCUT2D eigenvalue weighted by Gasteiger charge is 2.13. The molecule has 5 heteroatoms. The molecule has 1 aromatic heterocycles. The van der Waals surface area contributed by atoms with E-state index in [2.05, 4.69) is 21.4 Å². The minimum Gasteiger partial charge on any atom is -0.379 e. The van der Waals surface area contributed by atoms with Crippen molar-refractivity contribution in [1.29, 1.82) is 0 Å². The molecule has 84 valence electrons. The van der Waals surface area contributed by atoms with Crippen molar-refractivity contribution in [1.82, 2.24) is 14.5 Å². The Morgan fingerprint density at radius 3 is 2.87 bits per heavy atom. The Kier molecular flexibility index (Phi) is 3.23. The van der Waals surface area contributed by atoms with Crippen LogP contribution in [0.25, 0.3) is 0 Å². The zero-order valence-corrected chi connectivity index (χ0v) is 9.15. The van der Waals surface area contributed by atoms with Crippen LogP contribution in [0, 0.1) is 0 Å². The van der Waals surface area contributed by atoms with Crippen LogP contribution in [0.3, 0.4) is 0 Å². The van der Waals surface area contributed by atoms with Crippen LogP contribution < -0.4 is 5.73 Å². The van der Waals surface area contributed by atoms with Gasteiger partial charge in [0.2, 0.25) is 0 Å². The zero-order valence-electron chi connectivity index (χ0n) is 9.15. The van der Waals surface area contributed by atoms with Crippen molar-refractivity contribution >= 4 is 5.95 Å². The Labute approximate surface area is 89.8 Å². The van der Waals surface area contributed by atoms with Gasteiger partial charge in [0.1, 0.15) is 0 Å². The van der Waals surface area contributed by atoms with Gasteiger partial charge in [0.15, 0.2) is 5.95 Å². The number of nitrogens with two attached hydrogens (primary N) is 1. The van der Waals surface area contributed by atoms with Gasteiger partial charge < -0.3 is 15.0 Å². The minimum atomic E-state index is 0.612. The van der Waals surface area contributed by atoms with Crippen LogP contribution in [0.2, 0.25) is 0 Å². The molecule has 0 spiro atoms. The van der Waals surface area contributed by atoms with Crippen molar-refractivity contribution in [2.75, 3.05) is 32.0 Å². The molecule has 0 saturated carbocycles. The molecule has 1 aliphatic rings. The number of hydrogen-bond acceptors (Lipinski definition) is 4. The molecule has 0 aliphatic carbocycles. The van der Waals surface area contributed by atoms with Gasteiger partial charge in [0.05, 0.1) is 25.1 Å². The predicted molar refractivity (Wildman–Crippen MR) is 58.4 cm³/mol. The molecule has 1 saturated heterocycles. The largest absolute Gasteiger partial charge is 0.379 e. The van der Waals surface area contributed by atoms with Crippen LogP contribution >= 0.6 is 0 Å². The topological polar surface area (TPSA) is 56.3 Å². The average Bonchev–Trinajstić information content (AvgIpc) is 2.61. The quantitative estimate of drug-likeness (QED) is 0.780. The Morgan fingerprint density at radius 1 is 1.47 bits per heavy atom. The molecule has 15 heavy (non-hydrogen) atoms. The second-order valence-corrected chi connectivity index (χ2v) is 3.74. The van der Waals surface area contributed by atoms with E-state index in [1.54, 1.807) is 0 Å². The van der Waals surface area contributed by atoms with Crippen molar-refractivity contribution in [3.05, 3.63) is 11.9 Å². The Bertz CT molecular complexity index is 317. The first kappa shape index (κ1) is 10.4. The smallest absolute Gasteiger partial charge is 0.200 e. The third-order valence-corrected chi connectivity index (χ3v) is 2.77. The van der Waals surface area contributed by atoms with Gasteiger partial charge in [-0.3, -0.25) is 4.90 Å². The van der Waals surface area contributed by atoms with Crippen LogP contribution in [-0.2, 0) is 17.8 Å². The molecule has 0 aromatic carbocycles. The SMILES string of the molecule is CCn1c(CN2CCOCC2)cnc1N. The summed E-state index contributed by atoms with van der Waals surface area (Å²) in [4.78, 5) is 6.50. The molecule has 1 aromatic rings. The van der Waals surface area contributed by atoms with Crippen LogP contribution in [0.5, 0.6) is 0 Å². The van der Waals surface area contributed by atoms with Crippen LogP contribution in [0.4, 0.5) is 5.95 Å². The predicted octanol–water partition coefficient (Wildman–Crippen LogP) is 0.317. The van der Waals surface area contributed by atoms with Crippen LogP contribution in [-0.4, -0.2) is 40.8 Å². The third kappa shape index (κ3) is 2.30. The molecular weight excluding hydrogens is 192 g/mol. The fourth-order valence-electron chi connectivity index (χ4n) is 1.91. The lowest BCUT2D eigenvalue weighted by molar-refractivity contribution is 0.0332. The number of nitrogens with zero attached hydrogens (tertiary/aromatic N) is 3. The van der Waals surface area contributed by atoms with E-state index in [0.29, 0.717) is 5.95 Å². The summed E-state index contributed by atoms with van der Waals surface area (Å²) in [5.41, 5.74) is 6.96. The maximum absolute atomic E-state index is 5.77. The number of ether oxygens (including phenoxy) is 1. The molecule has 5 nitrogen and oxygen atoms in total. The van der Waals surface area contributed by atoms with E-state index in [1.165, 1.54) is 5.69 Å². The average molecular weight is 210 g/mol. The second kappa shape index (κ2) is 4.63. The molecular formula is C10H18N4O. The highest BCUT2D eigenvalue weighted by atomic mass is 16.5. The van der Waals surface area contributed by atoms with E-state index in [4.69, 9.17) is 10.5 Å². The maximum atomic E-state index is 5.77. The van der Waals surface area contributed by atoms with Crippen LogP contribution in [0.15, 0.2) is 6.20 Å². The van der Waals surface area contributed by atoms with E-state index in [9.17, 15) is 0 Å². The lowest BCUT2D eigenvalue weighted by Crippen LogP contribution is -2.36. The minimum absolute atomic E-state index is 0.612. The summed E-state index contributed by atoms with van der Waals surface area (Å²) >= 11 is 0. The molecule has 2 N–H and O–H groups in total. The first-order valence-electron chi connectivity index (χ1n) is 5.41. The molecule has 0 atom stereocenters. The maximum Gasteiger partial charge on any atom is 0.200 e. The van der Waals surface area contributed by atoms with Gasteiger partial charge in [-0.2, -0.15) is 0 Å². The first-order chi connectivity index (χ1) is 7.31. The molecule has 0 unspecified atom stereocenters. The summed E-state index contributed by atoms with van der Waals surface area (Å²) in [5.74, 6) is 0.612. The van der Waals surface area contributed by atoms with Crippen LogP contribution in [0.1, 0.15) is 12.6 Å². The summed E-state index contributed by atoms with van der Waals surface area (Å²) in [5, 5.41) is 0. The van der Waals surface area contributed by atoms with Crippen molar-refractivity contribution in [2.45, 2.75) is 20.0 Å². The summed E-state index contributed by atoms with van der Waals surface area (Å²) in [6.45, 7) is 7.53. The molecule has 0 amide bonds. The van der Waals surface area contributed by atoms with Gasteiger partial charge in [-0.1, -0.05) is 0 Å². The van der Waals surface area contributed by atoms with Gasteiger partial charge in [-0.25, -0.2) is 4.98 Å². The van der Waals surface area contributed by atoms with E-state index >= 15 is 0 Å². The number of imidazole rings is 1. The number of hydrogen-bond donors (Lipinski definition) is 1. The molecule has 2 rings (SSSR count). The third-order valence-electron chi connectivity index (χ3n) is 2.77. The molecule has 1 fully saturated rings. The summed E-state index contributed by atoms with van der Waals surface area (Å²) in [6.07, 6.45) is 1.87. The highest BCUT2D eigenvalue weighted by Crippen LogP contribution is 2.11.